The molecule has 0 fully saturated rings. The van der Waals surface area contributed by atoms with Gasteiger partial charge < -0.3 is 5.32 Å². The number of aryl methyl sites for hydroxylation is 1. The Balaban J connectivity index is 1.67. The monoisotopic (exact) mass is 404 g/mol. The first-order valence-corrected chi connectivity index (χ1v) is 9.01. The molecule has 2 aromatic heterocycles. The number of likely N-dealkylation sites (N-methyl/N-ethyl adjacent to an activating group) is 1. The molecule has 0 spiro atoms. The van der Waals surface area contributed by atoms with Crippen LogP contribution in [-0.2, 0) is 11.3 Å². The number of hydrogen-bond acceptors (Lipinski definition) is 4. The lowest BCUT2D eigenvalue weighted by Crippen LogP contribution is -2.30. The van der Waals surface area contributed by atoms with E-state index in [0.29, 0.717) is 33.6 Å². The van der Waals surface area contributed by atoms with Crippen molar-refractivity contribution >= 4 is 40.4 Å². The minimum atomic E-state index is -0.204. The van der Waals surface area contributed by atoms with Gasteiger partial charge in [0.05, 0.1) is 22.3 Å². The Kier molecular flexibility index (Phi) is 5.79. The highest BCUT2D eigenvalue weighted by Gasteiger charge is 2.11. The number of carbonyl (C=O) groups is 1. The molecule has 0 bridgehead atoms. The summed E-state index contributed by atoms with van der Waals surface area (Å²) in [6.07, 6.45) is 0. The molecular weight excluding hydrogens is 387 g/mol. The van der Waals surface area contributed by atoms with Crippen LogP contribution in [0.25, 0.3) is 5.65 Å². The van der Waals surface area contributed by atoms with Crippen LogP contribution in [0.5, 0.6) is 0 Å². The number of halogens is 2. The van der Waals surface area contributed by atoms with Gasteiger partial charge in [0.25, 0.3) is 5.56 Å². The van der Waals surface area contributed by atoms with E-state index in [-0.39, 0.29) is 18.0 Å². The molecule has 1 aromatic carbocycles. The first kappa shape index (κ1) is 19.4. The van der Waals surface area contributed by atoms with Crippen molar-refractivity contribution in [3.8, 4) is 0 Å². The van der Waals surface area contributed by atoms with Crippen molar-refractivity contribution in [1.29, 1.82) is 0 Å². The first-order valence-electron chi connectivity index (χ1n) is 8.25. The molecule has 0 saturated carbocycles. The largest absolute Gasteiger partial charge is 0.325 e. The molecule has 0 aliphatic heterocycles. The number of aromatic nitrogens is 2. The molecule has 0 unspecified atom stereocenters. The predicted molar refractivity (Wildman–Crippen MR) is 108 cm³/mol. The number of nitrogens with zero attached hydrogens (tertiary/aromatic N) is 3. The van der Waals surface area contributed by atoms with E-state index in [4.69, 9.17) is 23.2 Å². The maximum Gasteiger partial charge on any atom is 0.258 e. The number of pyridine rings is 1. The molecule has 27 heavy (non-hydrogen) atoms. The van der Waals surface area contributed by atoms with Gasteiger partial charge in [0.2, 0.25) is 5.91 Å². The number of amides is 1. The highest BCUT2D eigenvalue weighted by atomic mass is 35.5. The Bertz CT molecular complexity index is 1070. The maximum atomic E-state index is 12.3. The second-order valence-corrected chi connectivity index (χ2v) is 7.11. The summed E-state index contributed by atoms with van der Waals surface area (Å²) >= 11 is 11.8. The average molecular weight is 405 g/mol. The van der Waals surface area contributed by atoms with Gasteiger partial charge in [-0.25, -0.2) is 4.98 Å². The van der Waals surface area contributed by atoms with E-state index in [2.05, 4.69) is 10.3 Å². The molecule has 140 valence electrons. The standard InChI is InChI=1S/C19H18Cl2N4O2/c1-12-4-3-5-17-22-14(9-19(27)25(12)17)10-24(2)11-18(26)23-13-6-7-15(20)16(21)8-13/h3-9H,10-11H2,1-2H3,(H,23,26). The lowest BCUT2D eigenvalue weighted by molar-refractivity contribution is -0.117. The van der Waals surface area contributed by atoms with E-state index in [0.717, 1.165) is 5.69 Å². The Morgan fingerprint density at radius 2 is 1.96 bits per heavy atom. The molecular formula is C19H18Cl2N4O2. The molecule has 6 nitrogen and oxygen atoms in total. The molecule has 0 saturated heterocycles. The van der Waals surface area contributed by atoms with E-state index in [1.54, 1.807) is 40.6 Å². The Morgan fingerprint density at radius 1 is 1.19 bits per heavy atom. The molecule has 0 atom stereocenters. The number of rotatable bonds is 5. The lowest BCUT2D eigenvalue weighted by Gasteiger charge is -2.16. The summed E-state index contributed by atoms with van der Waals surface area (Å²) in [5.41, 5.74) is 2.45. The number of hydrogen-bond donors (Lipinski definition) is 1. The molecule has 2 heterocycles. The van der Waals surface area contributed by atoms with Gasteiger partial charge in [-0.05, 0) is 44.3 Å². The molecule has 3 rings (SSSR count). The van der Waals surface area contributed by atoms with Gasteiger partial charge in [0, 0.05) is 24.0 Å². The van der Waals surface area contributed by atoms with Crippen LogP contribution in [0, 0.1) is 6.92 Å². The molecule has 1 amide bonds. The van der Waals surface area contributed by atoms with E-state index in [1.807, 2.05) is 19.1 Å². The molecule has 0 aliphatic rings. The second kappa shape index (κ2) is 8.08. The van der Waals surface area contributed by atoms with E-state index in [1.165, 1.54) is 6.07 Å². The van der Waals surface area contributed by atoms with Gasteiger partial charge in [-0.2, -0.15) is 0 Å². The van der Waals surface area contributed by atoms with Crippen molar-refractivity contribution in [3.63, 3.8) is 0 Å². The molecule has 1 N–H and O–H groups in total. The topological polar surface area (TPSA) is 66.7 Å². The molecule has 0 aliphatic carbocycles. The van der Waals surface area contributed by atoms with E-state index < -0.39 is 0 Å². The van der Waals surface area contributed by atoms with Crippen molar-refractivity contribution < 1.29 is 4.79 Å². The fraction of sp³-hybridized carbons (Fsp3) is 0.211. The van der Waals surface area contributed by atoms with Crippen molar-refractivity contribution in [2.75, 3.05) is 18.9 Å². The van der Waals surface area contributed by atoms with E-state index in [9.17, 15) is 9.59 Å². The smallest absolute Gasteiger partial charge is 0.258 e. The molecule has 8 heteroatoms. The van der Waals surface area contributed by atoms with Gasteiger partial charge in [0.15, 0.2) is 0 Å². The summed E-state index contributed by atoms with van der Waals surface area (Å²) in [6.45, 7) is 2.36. The number of fused-ring (bicyclic) bond motifs is 1. The van der Waals surface area contributed by atoms with Crippen LogP contribution in [0.4, 0.5) is 5.69 Å². The van der Waals surface area contributed by atoms with Crippen LogP contribution < -0.4 is 10.9 Å². The number of benzene rings is 1. The second-order valence-electron chi connectivity index (χ2n) is 6.30. The quantitative estimate of drug-likeness (QED) is 0.707. The number of nitrogens with one attached hydrogen (secondary N) is 1. The fourth-order valence-electron chi connectivity index (χ4n) is 2.80. The van der Waals surface area contributed by atoms with Crippen LogP contribution in [0.1, 0.15) is 11.4 Å². The highest BCUT2D eigenvalue weighted by molar-refractivity contribution is 6.42. The predicted octanol–water partition coefficient (Wildman–Crippen LogP) is 3.38. The van der Waals surface area contributed by atoms with Gasteiger partial charge in [-0.3, -0.25) is 18.9 Å². The van der Waals surface area contributed by atoms with Gasteiger partial charge >= 0.3 is 0 Å². The fourth-order valence-corrected chi connectivity index (χ4v) is 3.09. The van der Waals surface area contributed by atoms with Crippen LogP contribution >= 0.6 is 23.2 Å². The lowest BCUT2D eigenvalue weighted by atomic mass is 10.3. The third kappa shape index (κ3) is 4.66. The van der Waals surface area contributed by atoms with Crippen LogP contribution in [-0.4, -0.2) is 33.8 Å². The van der Waals surface area contributed by atoms with Gasteiger partial charge in [-0.1, -0.05) is 29.3 Å². The summed E-state index contributed by atoms with van der Waals surface area (Å²) in [7, 11) is 1.79. The summed E-state index contributed by atoms with van der Waals surface area (Å²) in [6, 6.07) is 11.9. The van der Waals surface area contributed by atoms with Crippen molar-refractivity contribution in [1.82, 2.24) is 14.3 Å². The highest BCUT2D eigenvalue weighted by Crippen LogP contribution is 2.24. The van der Waals surface area contributed by atoms with Crippen molar-refractivity contribution in [2.24, 2.45) is 0 Å². The Labute approximate surface area is 166 Å². The Hall–Kier alpha value is -2.41. The summed E-state index contributed by atoms with van der Waals surface area (Å²) < 4.78 is 1.56. The summed E-state index contributed by atoms with van der Waals surface area (Å²) in [5, 5.41) is 3.57. The zero-order valence-corrected chi connectivity index (χ0v) is 16.4. The van der Waals surface area contributed by atoms with Crippen molar-refractivity contribution in [3.05, 3.63) is 74.3 Å². The average Bonchev–Trinajstić information content (AvgIpc) is 2.57. The summed E-state index contributed by atoms with van der Waals surface area (Å²) in [5.74, 6) is -0.204. The minimum absolute atomic E-state index is 0.134. The van der Waals surface area contributed by atoms with Crippen molar-refractivity contribution in [2.45, 2.75) is 13.5 Å². The SMILES string of the molecule is Cc1cccc2nc(CN(C)CC(=O)Nc3ccc(Cl)c(Cl)c3)cc(=O)n12. The number of anilines is 1. The zero-order chi connectivity index (χ0) is 19.6. The zero-order valence-electron chi connectivity index (χ0n) is 14.9. The maximum absolute atomic E-state index is 12.3. The molecule has 3 aromatic rings. The first-order chi connectivity index (χ1) is 12.8. The summed E-state index contributed by atoms with van der Waals surface area (Å²) in [4.78, 5) is 30.8. The normalized spacial score (nSPS) is 11.1. The van der Waals surface area contributed by atoms with Gasteiger partial charge in [0.1, 0.15) is 5.65 Å². The Morgan fingerprint density at radius 3 is 2.70 bits per heavy atom. The van der Waals surface area contributed by atoms with E-state index >= 15 is 0 Å². The minimum Gasteiger partial charge on any atom is -0.325 e. The number of carbonyl (C=O) groups excluding carboxylic acids is 1. The third-order valence-corrected chi connectivity index (χ3v) is 4.72. The van der Waals surface area contributed by atoms with Crippen LogP contribution in [0.15, 0.2) is 47.3 Å². The van der Waals surface area contributed by atoms with Crippen LogP contribution in [0.2, 0.25) is 10.0 Å². The molecule has 0 radical (unpaired) electrons. The van der Waals surface area contributed by atoms with Gasteiger partial charge in [-0.15, -0.1) is 0 Å². The third-order valence-electron chi connectivity index (χ3n) is 3.98. The van der Waals surface area contributed by atoms with Crippen LogP contribution in [0.3, 0.4) is 0 Å².